The van der Waals surface area contributed by atoms with E-state index in [0.717, 1.165) is 22.6 Å². The number of imidazole rings is 1. The zero-order valence-electron chi connectivity index (χ0n) is 8.93. The van der Waals surface area contributed by atoms with Gasteiger partial charge in [0, 0.05) is 25.9 Å². The van der Waals surface area contributed by atoms with E-state index in [0.29, 0.717) is 6.61 Å². The Hall–Kier alpha value is -1.36. The minimum Gasteiger partial charge on any atom is -0.492 e. The predicted octanol–water partition coefficient (Wildman–Crippen LogP) is 2.20. The first-order valence-electron chi connectivity index (χ1n) is 4.96. The Balaban J connectivity index is 1.84. The molecule has 16 heavy (non-hydrogen) atoms. The molecule has 0 unspecified atom stereocenters. The van der Waals surface area contributed by atoms with Crippen LogP contribution in [-0.4, -0.2) is 21.1 Å². The van der Waals surface area contributed by atoms with Crippen molar-refractivity contribution in [2.75, 3.05) is 6.61 Å². The van der Waals surface area contributed by atoms with E-state index in [1.807, 2.05) is 29.9 Å². The number of pyridine rings is 1. The van der Waals surface area contributed by atoms with Gasteiger partial charge in [-0.15, -0.1) is 0 Å². The normalized spacial score (nSPS) is 10.4. The lowest BCUT2D eigenvalue weighted by Gasteiger charge is -2.05. The number of aryl methyl sites for hydroxylation is 1. The lowest BCUT2D eigenvalue weighted by Crippen LogP contribution is -2.06. The van der Waals surface area contributed by atoms with Crippen molar-refractivity contribution in [3.05, 3.63) is 41.2 Å². The summed E-state index contributed by atoms with van der Waals surface area (Å²) in [6.07, 6.45) is 6.20. The molecule has 0 amide bonds. The fourth-order valence-corrected chi connectivity index (χ4v) is 1.58. The average molecular weight is 282 g/mol. The topological polar surface area (TPSA) is 39.9 Å². The molecule has 2 aromatic heterocycles. The fraction of sp³-hybridized carbons (Fsp3) is 0.273. The van der Waals surface area contributed by atoms with Gasteiger partial charge in [-0.1, -0.05) is 0 Å². The van der Waals surface area contributed by atoms with Crippen LogP contribution in [0.3, 0.4) is 0 Å². The van der Waals surface area contributed by atoms with E-state index in [1.165, 1.54) is 0 Å². The highest BCUT2D eigenvalue weighted by molar-refractivity contribution is 9.10. The zero-order chi connectivity index (χ0) is 11.4. The Morgan fingerprint density at radius 1 is 1.38 bits per heavy atom. The summed E-state index contributed by atoms with van der Waals surface area (Å²) in [6.45, 7) is 0.605. The monoisotopic (exact) mass is 281 g/mol. The van der Waals surface area contributed by atoms with Gasteiger partial charge >= 0.3 is 0 Å². The van der Waals surface area contributed by atoms with Crippen molar-refractivity contribution < 1.29 is 4.74 Å². The maximum atomic E-state index is 5.55. The van der Waals surface area contributed by atoms with Gasteiger partial charge in [0.2, 0.25) is 0 Å². The molecule has 0 aliphatic heterocycles. The second-order valence-corrected chi connectivity index (χ2v) is 4.18. The third-order valence-corrected chi connectivity index (χ3v) is 2.68. The van der Waals surface area contributed by atoms with E-state index < -0.39 is 0 Å². The third-order valence-electron chi connectivity index (χ3n) is 2.22. The molecule has 0 bridgehead atoms. The van der Waals surface area contributed by atoms with Crippen molar-refractivity contribution in [3.8, 4) is 5.75 Å². The van der Waals surface area contributed by atoms with E-state index in [9.17, 15) is 0 Å². The molecule has 0 N–H and O–H groups in total. The highest BCUT2D eigenvalue weighted by atomic mass is 79.9. The number of rotatable bonds is 4. The highest BCUT2D eigenvalue weighted by Crippen LogP contribution is 2.12. The van der Waals surface area contributed by atoms with E-state index in [1.54, 1.807) is 12.4 Å². The standard InChI is InChI=1S/C11H12BrN3O/c1-15-6-5-13-11(15)4-7-16-9-2-3-10(12)14-8-9/h2-3,5-6,8H,4,7H2,1H3. The molecule has 4 nitrogen and oxygen atoms in total. The molecule has 0 atom stereocenters. The molecule has 0 saturated carbocycles. The first kappa shape index (κ1) is 11.1. The van der Waals surface area contributed by atoms with Crippen molar-refractivity contribution in [1.29, 1.82) is 0 Å². The summed E-state index contributed by atoms with van der Waals surface area (Å²) in [5.74, 6) is 1.79. The Kier molecular flexibility index (Phi) is 3.56. The van der Waals surface area contributed by atoms with Crippen LogP contribution in [0.5, 0.6) is 5.75 Å². The van der Waals surface area contributed by atoms with Gasteiger partial charge in [0.05, 0.1) is 12.8 Å². The molecule has 0 aliphatic carbocycles. The number of nitrogens with zero attached hydrogens (tertiary/aromatic N) is 3. The van der Waals surface area contributed by atoms with Crippen molar-refractivity contribution in [2.45, 2.75) is 6.42 Å². The van der Waals surface area contributed by atoms with Crippen molar-refractivity contribution >= 4 is 15.9 Å². The minimum atomic E-state index is 0.605. The second kappa shape index (κ2) is 5.12. The summed E-state index contributed by atoms with van der Waals surface area (Å²) >= 11 is 3.27. The van der Waals surface area contributed by atoms with Crippen molar-refractivity contribution in [1.82, 2.24) is 14.5 Å². The average Bonchev–Trinajstić information content (AvgIpc) is 2.68. The van der Waals surface area contributed by atoms with Crippen LogP contribution in [0.15, 0.2) is 35.3 Å². The molecule has 0 radical (unpaired) electrons. The Morgan fingerprint density at radius 2 is 2.25 bits per heavy atom. The summed E-state index contributed by atoms with van der Waals surface area (Å²) in [5.41, 5.74) is 0. The van der Waals surface area contributed by atoms with Gasteiger partial charge in [0.1, 0.15) is 16.2 Å². The van der Waals surface area contributed by atoms with Crippen LogP contribution in [0.1, 0.15) is 5.82 Å². The predicted molar refractivity (Wildman–Crippen MR) is 64.3 cm³/mol. The SMILES string of the molecule is Cn1ccnc1CCOc1ccc(Br)nc1. The summed E-state index contributed by atoms with van der Waals surface area (Å²) in [7, 11) is 1.98. The Morgan fingerprint density at radius 3 is 2.88 bits per heavy atom. The maximum Gasteiger partial charge on any atom is 0.137 e. The number of halogens is 1. The quantitative estimate of drug-likeness (QED) is 0.807. The number of hydrogen-bond donors (Lipinski definition) is 0. The molecule has 2 heterocycles. The second-order valence-electron chi connectivity index (χ2n) is 3.37. The van der Waals surface area contributed by atoms with Crippen LogP contribution in [0.25, 0.3) is 0 Å². The zero-order valence-corrected chi connectivity index (χ0v) is 10.5. The van der Waals surface area contributed by atoms with E-state index >= 15 is 0 Å². The largest absolute Gasteiger partial charge is 0.492 e. The van der Waals surface area contributed by atoms with Gasteiger partial charge in [0.15, 0.2) is 0 Å². The first-order chi connectivity index (χ1) is 7.75. The molecule has 5 heteroatoms. The van der Waals surface area contributed by atoms with Crippen molar-refractivity contribution in [3.63, 3.8) is 0 Å². The van der Waals surface area contributed by atoms with Gasteiger partial charge in [-0.05, 0) is 28.1 Å². The highest BCUT2D eigenvalue weighted by Gasteiger charge is 2.00. The summed E-state index contributed by atoms with van der Waals surface area (Å²) in [5, 5.41) is 0. The molecule has 0 saturated heterocycles. The summed E-state index contributed by atoms with van der Waals surface area (Å²) < 4.78 is 8.35. The molecular weight excluding hydrogens is 270 g/mol. The van der Waals surface area contributed by atoms with E-state index in [4.69, 9.17) is 4.74 Å². The number of ether oxygens (including phenoxy) is 1. The molecule has 0 fully saturated rings. The Labute approximate surface area is 102 Å². The van der Waals surface area contributed by atoms with Crippen LogP contribution in [0.4, 0.5) is 0 Å². The summed E-state index contributed by atoms with van der Waals surface area (Å²) in [6, 6.07) is 3.74. The van der Waals surface area contributed by atoms with Crippen LogP contribution in [-0.2, 0) is 13.5 Å². The van der Waals surface area contributed by atoms with Gasteiger partial charge in [-0.3, -0.25) is 0 Å². The molecule has 0 spiro atoms. The molecule has 2 rings (SSSR count). The lowest BCUT2D eigenvalue weighted by molar-refractivity contribution is 0.316. The Bertz CT molecular complexity index is 453. The van der Waals surface area contributed by atoms with Crippen LogP contribution in [0.2, 0.25) is 0 Å². The molecule has 0 aromatic carbocycles. The molecule has 2 aromatic rings. The number of hydrogen-bond acceptors (Lipinski definition) is 3. The minimum absolute atomic E-state index is 0.605. The molecule has 84 valence electrons. The molecular formula is C11H12BrN3O. The lowest BCUT2D eigenvalue weighted by atomic mass is 10.4. The van der Waals surface area contributed by atoms with Crippen LogP contribution in [0, 0.1) is 0 Å². The van der Waals surface area contributed by atoms with E-state index in [2.05, 4.69) is 25.9 Å². The summed E-state index contributed by atoms with van der Waals surface area (Å²) in [4.78, 5) is 8.30. The van der Waals surface area contributed by atoms with Crippen LogP contribution >= 0.6 is 15.9 Å². The first-order valence-corrected chi connectivity index (χ1v) is 5.75. The van der Waals surface area contributed by atoms with Crippen LogP contribution < -0.4 is 4.74 Å². The maximum absolute atomic E-state index is 5.55. The van der Waals surface area contributed by atoms with Gasteiger partial charge < -0.3 is 9.30 Å². The van der Waals surface area contributed by atoms with E-state index in [-0.39, 0.29) is 0 Å². The van der Waals surface area contributed by atoms with Gasteiger partial charge in [0.25, 0.3) is 0 Å². The number of aromatic nitrogens is 3. The van der Waals surface area contributed by atoms with Gasteiger partial charge in [-0.2, -0.15) is 0 Å². The molecule has 0 aliphatic rings. The fourth-order valence-electron chi connectivity index (χ4n) is 1.35. The van der Waals surface area contributed by atoms with Crippen molar-refractivity contribution in [2.24, 2.45) is 7.05 Å². The third kappa shape index (κ3) is 2.82. The van der Waals surface area contributed by atoms with Gasteiger partial charge in [-0.25, -0.2) is 9.97 Å². The smallest absolute Gasteiger partial charge is 0.137 e.